The largest absolute Gasteiger partial charge is 0.346 e. The highest BCUT2D eigenvalue weighted by atomic mass is 16.2. The molecule has 70 valence electrons. The predicted molar refractivity (Wildman–Crippen MR) is 43.9 cm³/mol. The molecule has 0 aliphatic rings. The number of hydrogen-bond donors (Lipinski definition) is 3. The number of nitrogens with one attached hydrogen (secondary N) is 2. The van der Waals surface area contributed by atoms with Gasteiger partial charge < -0.3 is 11.1 Å². The van der Waals surface area contributed by atoms with Gasteiger partial charge in [0.05, 0.1) is 13.1 Å². The minimum atomic E-state index is -0.344. The van der Waals surface area contributed by atoms with Crippen molar-refractivity contribution < 1.29 is 9.59 Å². The average molecular weight is 174 g/mol. The lowest BCUT2D eigenvalue weighted by molar-refractivity contribution is -0.127. The van der Waals surface area contributed by atoms with Crippen LogP contribution < -0.4 is 16.5 Å². The predicted octanol–water partition coefficient (Wildman–Crippen LogP) is -2.35. The molecule has 4 N–H and O–H groups in total. The highest BCUT2D eigenvalue weighted by Crippen LogP contribution is 1.67. The second-order valence-electron chi connectivity index (χ2n) is 2.41. The van der Waals surface area contributed by atoms with Gasteiger partial charge in [-0.1, -0.05) is 0 Å². The molecule has 0 bridgehead atoms. The molecule has 0 aliphatic heterocycles. The van der Waals surface area contributed by atoms with Crippen LogP contribution >= 0.6 is 0 Å². The summed E-state index contributed by atoms with van der Waals surface area (Å²) in [7, 11) is 3.37. The summed E-state index contributed by atoms with van der Waals surface area (Å²) in [4.78, 5) is 21.4. The molecule has 0 saturated carbocycles. The molecule has 12 heavy (non-hydrogen) atoms. The summed E-state index contributed by atoms with van der Waals surface area (Å²) >= 11 is 0. The van der Waals surface area contributed by atoms with Crippen molar-refractivity contribution in [2.45, 2.75) is 0 Å². The van der Waals surface area contributed by atoms with Gasteiger partial charge in [0.15, 0.2) is 0 Å². The van der Waals surface area contributed by atoms with Gasteiger partial charge in [0.2, 0.25) is 5.91 Å². The third-order valence-corrected chi connectivity index (χ3v) is 0.980. The van der Waals surface area contributed by atoms with Gasteiger partial charge in [-0.25, -0.2) is 5.01 Å². The Bertz CT molecular complexity index is 169. The SMILES string of the molecule is CN(C)NC(=O)CNC(=O)CN. The van der Waals surface area contributed by atoms with Gasteiger partial charge in [-0.15, -0.1) is 0 Å². The zero-order valence-corrected chi connectivity index (χ0v) is 7.26. The lowest BCUT2D eigenvalue weighted by Crippen LogP contribution is -2.44. The number of nitrogens with two attached hydrogens (primary N) is 1. The maximum atomic E-state index is 10.9. The molecule has 0 unspecified atom stereocenters. The van der Waals surface area contributed by atoms with Crippen molar-refractivity contribution in [1.82, 2.24) is 15.8 Å². The van der Waals surface area contributed by atoms with Crippen molar-refractivity contribution in [2.75, 3.05) is 27.2 Å². The number of hydrogen-bond acceptors (Lipinski definition) is 4. The Balaban J connectivity index is 3.51. The summed E-state index contributed by atoms with van der Waals surface area (Å²) in [5, 5.41) is 3.83. The molecule has 0 saturated heterocycles. The lowest BCUT2D eigenvalue weighted by Gasteiger charge is -2.11. The zero-order valence-electron chi connectivity index (χ0n) is 7.26. The molecule has 0 rings (SSSR count). The minimum absolute atomic E-state index is 0.0474. The summed E-state index contributed by atoms with van der Waals surface area (Å²) in [6.07, 6.45) is 0. The first-order valence-electron chi connectivity index (χ1n) is 3.50. The molecule has 0 aliphatic carbocycles. The zero-order chi connectivity index (χ0) is 9.56. The van der Waals surface area contributed by atoms with Crippen LogP contribution in [0.4, 0.5) is 0 Å². The summed E-state index contributed by atoms with van der Waals surface area (Å²) in [6.45, 7) is -0.149. The fourth-order valence-electron chi connectivity index (χ4n) is 0.540. The van der Waals surface area contributed by atoms with Gasteiger partial charge in [-0.05, 0) is 0 Å². The second kappa shape index (κ2) is 5.50. The van der Waals surface area contributed by atoms with Crippen molar-refractivity contribution >= 4 is 11.8 Å². The monoisotopic (exact) mass is 174 g/mol. The molecule has 0 heterocycles. The van der Waals surface area contributed by atoms with E-state index in [4.69, 9.17) is 5.73 Å². The third-order valence-electron chi connectivity index (χ3n) is 0.980. The van der Waals surface area contributed by atoms with Crippen LogP contribution in [-0.4, -0.2) is 44.0 Å². The Labute approximate surface area is 71.1 Å². The highest BCUT2D eigenvalue weighted by molar-refractivity contribution is 5.85. The van der Waals surface area contributed by atoms with Crippen molar-refractivity contribution in [1.29, 1.82) is 0 Å². The fraction of sp³-hybridized carbons (Fsp3) is 0.667. The van der Waals surface area contributed by atoms with E-state index in [2.05, 4.69) is 10.7 Å². The van der Waals surface area contributed by atoms with E-state index in [9.17, 15) is 9.59 Å². The van der Waals surface area contributed by atoms with E-state index in [1.807, 2.05) is 0 Å². The molecular formula is C6H14N4O2. The van der Waals surface area contributed by atoms with E-state index < -0.39 is 0 Å². The Hall–Kier alpha value is -1.14. The maximum absolute atomic E-state index is 10.9. The van der Waals surface area contributed by atoms with Gasteiger partial charge in [0.1, 0.15) is 0 Å². The Morgan fingerprint density at radius 3 is 2.33 bits per heavy atom. The molecule has 0 fully saturated rings. The number of hydrazine groups is 1. The van der Waals surface area contributed by atoms with Gasteiger partial charge in [-0.2, -0.15) is 0 Å². The summed E-state index contributed by atoms with van der Waals surface area (Å²) in [5.41, 5.74) is 7.47. The van der Waals surface area contributed by atoms with E-state index in [0.29, 0.717) is 0 Å². The van der Waals surface area contributed by atoms with Crippen LogP contribution in [-0.2, 0) is 9.59 Å². The average Bonchev–Trinajstić information content (AvgIpc) is 1.99. The number of carbonyl (C=O) groups is 2. The van der Waals surface area contributed by atoms with Gasteiger partial charge in [0.25, 0.3) is 5.91 Å². The highest BCUT2D eigenvalue weighted by Gasteiger charge is 2.03. The summed E-state index contributed by atoms with van der Waals surface area (Å²) < 4.78 is 0. The molecule has 0 radical (unpaired) electrons. The first-order valence-corrected chi connectivity index (χ1v) is 3.50. The normalized spacial score (nSPS) is 9.67. The summed E-state index contributed by atoms with van der Waals surface area (Å²) in [5.74, 6) is -0.620. The Morgan fingerprint density at radius 1 is 1.33 bits per heavy atom. The van der Waals surface area contributed by atoms with Crippen molar-refractivity contribution in [3.05, 3.63) is 0 Å². The molecule has 6 nitrogen and oxygen atoms in total. The van der Waals surface area contributed by atoms with Crippen molar-refractivity contribution in [2.24, 2.45) is 5.73 Å². The van der Waals surface area contributed by atoms with Crippen LogP contribution in [0, 0.1) is 0 Å². The number of amides is 2. The lowest BCUT2D eigenvalue weighted by atomic mass is 10.5. The minimum Gasteiger partial charge on any atom is -0.346 e. The van der Waals surface area contributed by atoms with Crippen LogP contribution in [0.15, 0.2) is 0 Å². The number of nitrogens with zero attached hydrogens (tertiary/aromatic N) is 1. The second-order valence-corrected chi connectivity index (χ2v) is 2.41. The van der Waals surface area contributed by atoms with Gasteiger partial charge in [0, 0.05) is 14.1 Å². The molecule has 0 spiro atoms. The molecule has 0 atom stereocenters. The number of carbonyl (C=O) groups excluding carboxylic acids is 2. The maximum Gasteiger partial charge on any atom is 0.253 e. The summed E-state index contributed by atoms with van der Waals surface area (Å²) in [6, 6.07) is 0. The van der Waals surface area contributed by atoms with Crippen molar-refractivity contribution in [3.63, 3.8) is 0 Å². The van der Waals surface area contributed by atoms with Crippen LogP contribution in [0.5, 0.6) is 0 Å². The number of rotatable bonds is 4. The van der Waals surface area contributed by atoms with Crippen LogP contribution in [0.1, 0.15) is 0 Å². The fourth-order valence-corrected chi connectivity index (χ4v) is 0.540. The quantitative estimate of drug-likeness (QED) is 0.417. The topological polar surface area (TPSA) is 87.5 Å². The third kappa shape index (κ3) is 5.63. The smallest absolute Gasteiger partial charge is 0.253 e. The van der Waals surface area contributed by atoms with Crippen LogP contribution in [0.25, 0.3) is 0 Å². The Morgan fingerprint density at radius 2 is 1.92 bits per heavy atom. The molecule has 0 aromatic carbocycles. The van der Waals surface area contributed by atoms with E-state index >= 15 is 0 Å². The standard InChI is InChI=1S/C6H14N4O2/c1-10(2)9-6(12)4-8-5(11)3-7/h3-4,7H2,1-2H3,(H,8,11)(H,9,12). The van der Waals surface area contributed by atoms with E-state index in [1.54, 1.807) is 14.1 Å². The molecule has 0 aromatic heterocycles. The molecule has 0 aromatic rings. The van der Waals surface area contributed by atoms with Crippen LogP contribution in [0.3, 0.4) is 0 Å². The van der Waals surface area contributed by atoms with Crippen LogP contribution in [0.2, 0.25) is 0 Å². The van der Waals surface area contributed by atoms with Gasteiger partial charge >= 0.3 is 0 Å². The van der Waals surface area contributed by atoms with E-state index in [-0.39, 0.29) is 24.9 Å². The van der Waals surface area contributed by atoms with Gasteiger partial charge in [-0.3, -0.25) is 15.0 Å². The molecule has 2 amide bonds. The first-order chi connectivity index (χ1) is 5.56. The van der Waals surface area contributed by atoms with E-state index in [1.165, 1.54) is 5.01 Å². The first kappa shape index (κ1) is 10.9. The van der Waals surface area contributed by atoms with E-state index in [0.717, 1.165) is 0 Å². The van der Waals surface area contributed by atoms with Crippen molar-refractivity contribution in [3.8, 4) is 0 Å². The molecular weight excluding hydrogens is 160 g/mol. The Kier molecular flexibility index (Phi) is 4.98. The molecule has 6 heteroatoms.